The van der Waals surface area contributed by atoms with Crippen molar-refractivity contribution < 1.29 is 9.53 Å². The molecule has 0 heterocycles. The van der Waals surface area contributed by atoms with E-state index in [0.717, 1.165) is 38.5 Å². The Labute approximate surface area is 137 Å². The van der Waals surface area contributed by atoms with Crippen molar-refractivity contribution >= 4 is 5.97 Å². The van der Waals surface area contributed by atoms with E-state index >= 15 is 0 Å². The fraction of sp³-hybridized carbons (Fsp3) is 0.750. The van der Waals surface area contributed by atoms with Crippen LogP contribution in [-0.4, -0.2) is 13.1 Å². The average molecular weight is 306 g/mol. The van der Waals surface area contributed by atoms with E-state index in [1.807, 2.05) is 0 Å². The van der Waals surface area contributed by atoms with Gasteiger partial charge in [0.2, 0.25) is 0 Å². The Morgan fingerprint density at radius 1 is 0.818 bits per heavy atom. The van der Waals surface area contributed by atoms with Crippen LogP contribution < -0.4 is 0 Å². The van der Waals surface area contributed by atoms with Crippen molar-refractivity contribution in [1.29, 1.82) is 0 Å². The van der Waals surface area contributed by atoms with Crippen LogP contribution in [0.4, 0.5) is 0 Å². The second kappa shape index (κ2) is 9.86. The summed E-state index contributed by atoms with van der Waals surface area (Å²) in [5, 5.41) is 0. The molecule has 0 N–H and O–H groups in total. The molecule has 0 fully saturated rings. The highest BCUT2D eigenvalue weighted by molar-refractivity contribution is 5.71. The lowest BCUT2D eigenvalue weighted by molar-refractivity contribution is -0.141. The summed E-state index contributed by atoms with van der Waals surface area (Å²) in [6, 6.07) is 0. The quantitative estimate of drug-likeness (QED) is 0.464. The maximum atomic E-state index is 11.9. The molecule has 0 amide bonds. The third kappa shape index (κ3) is 4.47. The Kier molecular flexibility index (Phi) is 8.52. The first-order valence-electron chi connectivity index (χ1n) is 9.15. The van der Waals surface area contributed by atoms with Crippen LogP contribution in [0.25, 0.3) is 0 Å². The van der Waals surface area contributed by atoms with Gasteiger partial charge in [0.25, 0.3) is 0 Å². The van der Waals surface area contributed by atoms with Crippen molar-refractivity contribution in [2.24, 2.45) is 5.92 Å². The van der Waals surface area contributed by atoms with Gasteiger partial charge in [-0.05, 0) is 36.8 Å². The summed E-state index contributed by atoms with van der Waals surface area (Å²) in [5.41, 5.74) is 6.26. The molecular formula is C20H34O2. The van der Waals surface area contributed by atoms with Crippen molar-refractivity contribution in [3.05, 3.63) is 22.3 Å². The Morgan fingerprint density at radius 2 is 1.23 bits per heavy atom. The van der Waals surface area contributed by atoms with Gasteiger partial charge in [0.05, 0.1) is 13.5 Å². The van der Waals surface area contributed by atoms with Crippen LogP contribution in [0.2, 0.25) is 0 Å². The third-order valence-electron chi connectivity index (χ3n) is 4.62. The number of methoxy groups -OCH3 is 1. The normalized spacial score (nSPS) is 15.9. The molecule has 0 aliphatic heterocycles. The van der Waals surface area contributed by atoms with Crippen molar-refractivity contribution in [3.63, 3.8) is 0 Å². The van der Waals surface area contributed by atoms with E-state index in [1.165, 1.54) is 20.0 Å². The number of allylic oxidation sites excluding steroid dienone is 4. The Bertz CT molecular complexity index is 397. The monoisotopic (exact) mass is 306 g/mol. The molecule has 0 aromatic carbocycles. The zero-order valence-corrected chi connectivity index (χ0v) is 15.3. The van der Waals surface area contributed by atoms with Gasteiger partial charge in [0.1, 0.15) is 0 Å². The molecule has 0 unspecified atom stereocenters. The number of carbonyl (C=O) groups is 1. The summed E-state index contributed by atoms with van der Waals surface area (Å²) in [5.74, 6) is 0.247. The first kappa shape index (κ1) is 19.0. The molecule has 0 saturated heterocycles. The molecule has 0 spiro atoms. The SMILES string of the molecule is CCCC1=C(CCC)C(CC(=O)OC)C(CCC)=C1CCC. The van der Waals surface area contributed by atoms with Gasteiger partial charge in [-0.1, -0.05) is 64.5 Å². The highest BCUT2D eigenvalue weighted by Gasteiger charge is 2.33. The molecule has 1 rings (SSSR count). The second-order valence-electron chi connectivity index (χ2n) is 6.34. The molecule has 1 aliphatic rings. The van der Waals surface area contributed by atoms with Gasteiger partial charge >= 0.3 is 5.97 Å². The minimum atomic E-state index is -0.0687. The first-order valence-corrected chi connectivity index (χ1v) is 9.15. The van der Waals surface area contributed by atoms with Gasteiger partial charge < -0.3 is 4.74 Å². The average Bonchev–Trinajstić information content (AvgIpc) is 2.76. The number of hydrogen-bond acceptors (Lipinski definition) is 2. The molecular weight excluding hydrogens is 272 g/mol. The lowest BCUT2D eigenvalue weighted by Crippen LogP contribution is -2.13. The van der Waals surface area contributed by atoms with Gasteiger partial charge in [-0.3, -0.25) is 4.79 Å². The summed E-state index contributed by atoms with van der Waals surface area (Å²) in [6.45, 7) is 8.99. The van der Waals surface area contributed by atoms with Crippen LogP contribution in [0, 0.1) is 5.92 Å². The molecule has 1 aliphatic carbocycles. The fourth-order valence-corrected chi connectivity index (χ4v) is 3.83. The van der Waals surface area contributed by atoms with E-state index in [0.29, 0.717) is 12.3 Å². The van der Waals surface area contributed by atoms with Crippen molar-refractivity contribution in [2.75, 3.05) is 7.11 Å². The lowest BCUT2D eigenvalue weighted by Gasteiger charge is -2.19. The Morgan fingerprint density at radius 3 is 1.55 bits per heavy atom. The minimum Gasteiger partial charge on any atom is -0.469 e. The molecule has 2 heteroatoms. The molecule has 0 radical (unpaired) electrons. The molecule has 0 saturated carbocycles. The number of ether oxygens (including phenoxy) is 1. The number of esters is 1. The van der Waals surface area contributed by atoms with E-state index in [1.54, 1.807) is 22.3 Å². The minimum absolute atomic E-state index is 0.0687. The number of carbonyl (C=O) groups excluding carboxylic acids is 1. The topological polar surface area (TPSA) is 26.3 Å². The zero-order valence-electron chi connectivity index (χ0n) is 15.3. The smallest absolute Gasteiger partial charge is 0.306 e. The van der Waals surface area contributed by atoms with Crippen LogP contribution in [-0.2, 0) is 9.53 Å². The van der Waals surface area contributed by atoms with Gasteiger partial charge in [-0.2, -0.15) is 0 Å². The predicted octanol–water partition coefficient (Wildman–Crippen LogP) is 5.97. The van der Waals surface area contributed by atoms with Crippen LogP contribution in [0.1, 0.15) is 85.5 Å². The third-order valence-corrected chi connectivity index (χ3v) is 4.62. The molecule has 0 aromatic heterocycles. The highest BCUT2D eigenvalue weighted by Crippen LogP contribution is 2.46. The van der Waals surface area contributed by atoms with Gasteiger partial charge in [0.15, 0.2) is 0 Å². The second-order valence-corrected chi connectivity index (χ2v) is 6.34. The molecule has 126 valence electrons. The number of rotatable bonds is 10. The van der Waals surface area contributed by atoms with E-state index in [2.05, 4.69) is 27.7 Å². The highest BCUT2D eigenvalue weighted by atomic mass is 16.5. The van der Waals surface area contributed by atoms with E-state index < -0.39 is 0 Å². The largest absolute Gasteiger partial charge is 0.469 e. The molecule has 2 nitrogen and oxygen atoms in total. The maximum absolute atomic E-state index is 11.9. The summed E-state index contributed by atoms with van der Waals surface area (Å²) in [7, 11) is 1.50. The molecule has 22 heavy (non-hydrogen) atoms. The maximum Gasteiger partial charge on any atom is 0.306 e. The van der Waals surface area contributed by atoms with Crippen molar-refractivity contribution in [2.45, 2.75) is 85.5 Å². The van der Waals surface area contributed by atoms with E-state index in [9.17, 15) is 4.79 Å². The van der Waals surface area contributed by atoms with Crippen LogP contribution in [0.15, 0.2) is 22.3 Å². The molecule has 0 bridgehead atoms. The molecule has 0 atom stereocenters. The van der Waals surface area contributed by atoms with E-state index in [-0.39, 0.29) is 5.97 Å². The van der Waals surface area contributed by atoms with Gasteiger partial charge in [0, 0.05) is 5.92 Å². The zero-order chi connectivity index (χ0) is 16.5. The van der Waals surface area contributed by atoms with Crippen LogP contribution in [0.5, 0.6) is 0 Å². The standard InChI is InChI=1S/C20H34O2/c1-6-10-15-16(11-7-2)18(13-9-4)19(14-20(21)22-5)17(15)12-8-3/h19H,6-14H2,1-5H3. The lowest BCUT2D eigenvalue weighted by atomic mass is 9.86. The fourth-order valence-electron chi connectivity index (χ4n) is 3.83. The van der Waals surface area contributed by atoms with E-state index in [4.69, 9.17) is 4.74 Å². The predicted molar refractivity (Wildman–Crippen MR) is 93.8 cm³/mol. The Balaban J connectivity index is 3.26. The van der Waals surface area contributed by atoms with Gasteiger partial charge in [-0.25, -0.2) is 0 Å². The summed E-state index contributed by atoms with van der Waals surface area (Å²) < 4.78 is 4.97. The molecule has 0 aromatic rings. The Hall–Kier alpha value is -1.05. The summed E-state index contributed by atoms with van der Waals surface area (Å²) in [4.78, 5) is 11.9. The summed E-state index contributed by atoms with van der Waals surface area (Å²) in [6.07, 6.45) is 9.76. The van der Waals surface area contributed by atoms with Crippen molar-refractivity contribution in [1.82, 2.24) is 0 Å². The van der Waals surface area contributed by atoms with Gasteiger partial charge in [-0.15, -0.1) is 0 Å². The van der Waals surface area contributed by atoms with Crippen LogP contribution in [0.3, 0.4) is 0 Å². The first-order chi connectivity index (χ1) is 10.6. The van der Waals surface area contributed by atoms with Crippen molar-refractivity contribution in [3.8, 4) is 0 Å². The summed E-state index contributed by atoms with van der Waals surface area (Å²) >= 11 is 0. The van der Waals surface area contributed by atoms with Crippen LogP contribution >= 0.6 is 0 Å². The number of hydrogen-bond donors (Lipinski definition) is 0.